The van der Waals surface area contributed by atoms with E-state index in [-0.39, 0.29) is 12.8 Å². The fourth-order valence-electron chi connectivity index (χ4n) is 1.61. The molecule has 0 rings (SSSR count). The second kappa shape index (κ2) is 10.0. The van der Waals surface area contributed by atoms with Gasteiger partial charge in [0, 0.05) is 0 Å². The molecule has 0 aromatic carbocycles. The van der Waals surface area contributed by atoms with E-state index >= 15 is 0 Å². The molecule has 0 spiro atoms. The molecule has 0 aliphatic rings. The van der Waals surface area contributed by atoms with Gasteiger partial charge in [-0.05, 0) is 12.8 Å². The van der Waals surface area contributed by atoms with Crippen molar-refractivity contribution in [3.05, 3.63) is 12.7 Å². The summed E-state index contributed by atoms with van der Waals surface area (Å²) in [5.41, 5.74) is 0. The minimum Gasteiger partial charge on any atom is -0.369 e. The predicted molar refractivity (Wildman–Crippen MR) is 73.1 cm³/mol. The number of hydrogen-bond donors (Lipinski definition) is 0. The van der Waals surface area contributed by atoms with Gasteiger partial charge in [-0.25, -0.2) is 13.9 Å². The Hall–Kier alpha value is -1.50. The van der Waals surface area contributed by atoms with Crippen molar-refractivity contribution in [1.82, 2.24) is 0 Å². The van der Waals surface area contributed by atoms with E-state index in [4.69, 9.17) is 0 Å². The first-order chi connectivity index (χ1) is 14.4. The van der Waals surface area contributed by atoms with Crippen LogP contribution in [0.25, 0.3) is 0 Å². The maximum atomic E-state index is 13.2. The van der Waals surface area contributed by atoms with E-state index in [9.17, 15) is 70.2 Å². The van der Waals surface area contributed by atoms with Crippen molar-refractivity contribution >= 4 is 0 Å². The summed E-state index contributed by atoms with van der Waals surface area (Å²) >= 11 is 0. The van der Waals surface area contributed by atoms with E-state index in [1.165, 1.54) is 10.8 Å². The zero-order valence-corrected chi connectivity index (χ0v) is 15.5. The van der Waals surface area contributed by atoms with E-state index in [0.29, 0.717) is 0 Å². The van der Waals surface area contributed by atoms with Crippen LogP contribution < -0.4 is 0 Å². The molecule has 198 valence electrons. The van der Waals surface area contributed by atoms with Crippen LogP contribution in [0.3, 0.4) is 0 Å². The van der Waals surface area contributed by atoms with Crippen molar-refractivity contribution in [2.24, 2.45) is 0 Å². The van der Waals surface area contributed by atoms with Crippen LogP contribution in [0.4, 0.5) is 70.2 Å². The number of alkyl halides is 16. The molecule has 0 aliphatic heterocycles. The van der Waals surface area contributed by atoms with Crippen molar-refractivity contribution in [1.29, 1.82) is 0 Å². The molecule has 0 aromatic rings. The lowest BCUT2D eigenvalue weighted by Crippen LogP contribution is -2.64. The zero-order chi connectivity index (χ0) is 26.7. The second-order valence-electron chi connectivity index (χ2n) is 6.02. The van der Waals surface area contributed by atoms with Gasteiger partial charge < -0.3 is 4.74 Å². The van der Waals surface area contributed by atoms with Gasteiger partial charge in [0.15, 0.2) is 0 Å². The molecule has 0 saturated heterocycles. The number of rotatable bonds is 14. The highest BCUT2D eigenvalue weighted by atomic mass is 19.4. The Labute approximate surface area is 173 Å². The average Bonchev–Trinajstić information content (AvgIpc) is 2.56. The Kier molecular flexibility index (Phi) is 9.55. The topological polar surface area (TPSA) is 27.7 Å². The molecular weight excluding hydrogens is 520 g/mol. The summed E-state index contributed by atoms with van der Waals surface area (Å²) in [6, 6.07) is 0. The Morgan fingerprint density at radius 1 is 0.667 bits per heavy atom. The molecule has 33 heavy (non-hydrogen) atoms. The van der Waals surface area contributed by atoms with E-state index in [0.717, 1.165) is 0 Å². The summed E-state index contributed by atoms with van der Waals surface area (Å²) in [5.74, 6) is -15.7. The van der Waals surface area contributed by atoms with Gasteiger partial charge in [-0.3, -0.25) is 0 Å². The van der Waals surface area contributed by atoms with E-state index in [2.05, 4.69) is 16.1 Å². The van der Waals surface area contributed by atoms with Gasteiger partial charge in [0.05, 0.1) is 6.61 Å². The van der Waals surface area contributed by atoms with Crippen LogP contribution in [-0.2, 0) is 14.2 Å². The molecule has 3 nitrogen and oxygen atoms in total. The lowest BCUT2D eigenvalue weighted by Gasteiger charge is -2.36. The van der Waals surface area contributed by atoms with Gasteiger partial charge in [-0.15, -0.1) is 6.58 Å². The maximum absolute atomic E-state index is 13.2. The molecule has 0 radical (unpaired) electrons. The molecule has 0 N–H and O–H groups in total. The Bertz CT molecular complexity index is 645. The lowest BCUT2D eigenvalue weighted by atomic mass is 10.1. The highest BCUT2D eigenvalue weighted by Crippen LogP contribution is 2.55. The van der Waals surface area contributed by atoms with Crippen molar-refractivity contribution in [3.63, 3.8) is 0 Å². The third-order valence-electron chi connectivity index (χ3n) is 3.24. The summed E-state index contributed by atoms with van der Waals surface area (Å²) in [6.07, 6.45) is -36.4. The van der Waals surface area contributed by atoms with Gasteiger partial charge in [0.25, 0.3) is 0 Å². The molecule has 19 heteroatoms. The average molecular weight is 532 g/mol. The molecular formula is C14H12F16O3. The summed E-state index contributed by atoms with van der Waals surface area (Å²) < 4.78 is 212. The Morgan fingerprint density at radius 2 is 1.12 bits per heavy atom. The molecule has 0 unspecified atom stereocenters. The molecule has 0 saturated carbocycles. The van der Waals surface area contributed by atoms with E-state index < -0.39 is 61.8 Å². The smallest absolute Gasteiger partial charge is 0.369 e. The van der Waals surface area contributed by atoms with E-state index in [1.54, 1.807) is 0 Å². The first kappa shape index (κ1) is 31.5. The highest BCUT2D eigenvalue weighted by molar-refractivity contribution is 4.97. The third kappa shape index (κ3) is 7.49. The van der Waals surface area contributed by atoms with Crippen LogP contribution in [-0.4, -0.2) is 61.8 Å². The molecule has 0 aliphatic carbocycles. The van der Waals surface area contributed by atoms with Gasteiger partial charge in [-0.1, -0.05) is 6.08 Å². The normalized spacial score (nSPS) is 16.1. The van der Waals surface area contributed by atoms with Gasteiger partial charge in [0.2, 0.25) is 0 Å². The summed E-state index contributed by atoms with van der Waals surface area (Å²) in [6.45, 7) is -0.517. The molecule has 0 heterocycles. The van der Waals surface area contributed by atoms with E-state index in [1.807, 2.05) is 0 Å². The third-order valence-corrected chi connectivity index (χ3v) is 3.24. The fourth-order valence-corrected chi connectivity index (χ4v) is 1.61. The first-order valence-electron chi connectivity index (χ1n) is 7.93. The standard InChI is InChI=1S/C14H12F16O3/c1-2-3-4-7(15)5-31-6-8(16,17)32-13(27,28)14(29,30)33-12(25,26)10(20,21)9(18,19)11(22,23)24/h2,7H,1,3-6H2/t7-/m0/s1. The minimum absolute atomic E-state index is 0.00865. The van der Waals surface area contributed by atoms with Crippen LogP contribution in [0.5, 0.6) is 0 Å². The molecule has 0 aromatic heterocycles. The van der Waals surface area contributed by atoms with Crippen LogP contribution in [0.2, 0.25) is 0 Å². The summed E-state index contributed by atoms with van der Waals surface area (Å²) in [7, 11) is 0. The number of hydrogen-bond acceptors (Lipinski definition) is 3. The molecule has 0 bridgehead atoms. The van der Waals surface area contributed by atoms with Gasteiger partial charge in [0.1, 0.15) is 12.8 Å². The summed E-state index contributed by atoms with van der Waals surface area (Å²) in [5, 5.41) is 0. The number of ether oxygens (including phenoxy) is 3. The number of allylic oxidation sites excluding steroid dienone is 1. The molecule has 0 fully saturated rings. The Balaban J connectivity index is 5.47. The van der Waals surface area contributed by atoms with Gasteiger partial charge >= 0.3 is 42.5 Å². The van der Waals surface area contributed by atoms with Crippen molar-refractivity contribution in [2.45, 2.75) is 61.5 Å². The van der Waals surface area contributed by atoms with Crippen LogP contribution in [0, 0.1) is 0 Å². The molecule has 1 atom stereocenters. The van der Waals surface area contributed by atoms with Crippen molar-refractivity contribution in [2.75, 3.05) is 13.2 Å². The SMILES string of the molecule is C=CCC[C@H](F)COCC(F)(F)OC(F)(F)C(F)(F)OC(F)(F)C(F)(F)C(F)(F)C(F)(F)F. The minimum atomic E-state index is -7.93. The summed E-state index contributed by atoms with van der Waals surface area (Å²) in [4.78, 5) is 0. The fraction of sp³-hybridized carbons (Fsp3) is 0.857. The largest absolute Gasteiger partial charge is 0.460 e. The lowest BCUT2D eigenvalue weighted by molar-refractivity contribution is -0.543. The van der Waals surface area contributed by atoms with Gasteiger partial charge in [-0.2, -0.15) is 65.9 Å². The monoisotopic (exact) mass is 532 g/mol. The van der Waals surface area contributed by atoms with Crippen LogP contribution >= 0.6 is 0 Å². The number of halogens is 16. The zero-order valence-electron chi connectivity index (χ0n) is 15.5. The Morgan fingerprint density at radius 3 is 1.55 bits per heavy atom. The molecule has 0 amide bonds. The van der Waals surface area contributed by atoms with Crippen molar-refractivity contribution < 1.29 is 84.5 Å². The maximum Gasteiger partial charge on any atom is 0.460 e. The highest BCUT2D eigenvalue weighted by Gasteiger charge is 2.85. The predicted octanol–water partition coefficient (Wildman–Crippen LogP) is 6.54. The van der Waals surface area contributed by atoms with Crippen LogP contribution in [0.15, 0.2) is 12.7 Å². The van der Waals surface area contributed by atoms with Crippen molar-refractivity contribution in [3.8, 4) is 0 Å². The second-order valence-corrected chi connectivity index (χ2v) is 6.02. The first-order valence-corrected chi connectivity index (χ1v) is 7.93. The van der Waals surface area contributed by atoms with Crippen LogP contribution in [0.1, 0.15) is 12.8 Å². The quantitative estimate of drug-likeness (QED) is 0.188.